The molecule has 8 heteroatoms. The minimum atomic E-state index is 0.183. The number of likely N-dealkylation sites (tertiary alicyclic amines) is 1. The van der Waals surface area contributed by atoms with Gasteiger partial charge in [-0.1, -0.05) is 13.8 Å². The van der Waals surface area contributed by atoms with Gasteiger partial charge in [-0.15, -0.1) is 0 Å². The van der Waals surface area contributed by atoms with Crippen molar-refractivity contribution in [2.45, 2.75) is 57.6 Å². The first-order valence-corrected chi connectivity index (χ1v) is 10.2. The third-order valence-corrected chi connectivity index (χ3v) is 5.52. The summed E-state index contributed by atoms with van der Waals surface area (Å²) in [5.41, 5.74) is 1.82. The van der Waals surface area contributed by atoms with Gasteiger partial charge >= 0.3 is 6.01 Å². The van der Waals surface area contributed by atoms with Gasteiger partial charge in [0.05, 0.1) is 5.69 Å². The summed E-state index contributed by atoms with van der Waals surface area (Å²) in [6.45, 7) is 8.45. The SMILES string of the molecule is CC(C)c1cc2nc(OC3CCN(C)CC3)nc(NC3CCNCC3)n2n1. The van der Waals surface area contributed by atoms with Crippen molar-refractivity contribution in [3.05, 3.63) is 11.8 Å². The first kappa shape index (κ1) is 18.4. The van der Waals surface area contributed by atoms with Crippen LogP contribution in [0.4, 0.5) is 5.95 Å². The Balaban J connectivity index is 1.60. The molecule has 0 atom stereocenters. The van der Waals surface area contributed by atoms with Gasteiger partial charge < -0.3 is 20.3 Å². The van der Waals surface area contributed by atoms with Crippen molar-refractivity contribution in [1.29, 1.82) is 0 Å². The van der Waals surface area contributed by atoms with Crippen molar-refractivity contribution in [1.82, 2.24) is 29.8 Å². The van der Waals surface area contributed by atoms with Crippen LogP contribution in [-0.2, 0) is 0 Å². The highest BCUT2D eigenvalue weighted by Crippen LogP contribution is 2.22. The van der Waals surface area contributed by atoms with E-state index in [9.17, 15) is 0 Å². The van der Waals surface area contributed by atoms with Crippen LogP contribution in [-0.4, -0.2) is 69.9 Å². The van der Waals surface area contributed by atoms with E-state index in [0.29, 0.717) is 18.0 Å². The van der Waals surface area contributed by atoms with Gasteiger partial charge in [0.2, 0.25) is 5.95 Å². The second-order valence-electron chi connectivity index (χ2n) is 8.11. The molecule has 4 rings (SSSR count). The molecule has 2 aliphatic rings. The third kappa shape index (κ3) is 4.32. The Morgan fingerprint density at radius 2 is 1.89 bits per heavy atom. The second-order valence-corrected chi connectivity index (χ2v) is 8.11. The van der Waals surface area contributed by atoms with Crippen LogP contribution < -0.4 is 15.4 Å². The van der Waals surface area contributed by atoms with Crippen molar-refractivity contribution < 1.29 is 4.74 Å². The Morgan fingerprint density at radius 3 is 2.59 bits per heavy atom. The summed E-state index contributed by atoms with van der Waals surface area (Å²) in [5, 5.41) is 11.7. The van der Waals surface area contributed by atoms with Crippen LogP contribution in [0.1, 0.15) is 51.1 Å². The van der Waals surface area contributed by atoms with E-state index in [1.165, 1.54) is 0 Å². The molecule has 0 spiro atoms. The molecule has 0 amide bonds. The number of hydrogen-bond donors (Lipinski definition) is 2. The van der Waals surface area contributed by atoms with E-state index in [1.54, 1.807) is 0 Å². The molecule has 0 bridgehead atoms. The van der Waals surface area contributed by atoms with Crippen molar-refractivity contribution >= 4 is 11.6 Å². The van der Waals surface area contributed by atoms with E-state index in [0.717, 1.165) is 69.2 Å². The fourth-order valence-electron chi connectivity index (χ4n) is 3.71. The smallest absolute Gasteiger partial charge is 0.322 e. The van der Waals surface area contributed by atoms with Gasteiger partial charge in [-0.05, 0) is 51.7 Å². The molecular weight excluding hydrogens is 342 g/mol. The number of nitrogens with zero attached hydrogens (tertiary/aromatic N) is 5. The largest absolute Gasteiger partial charge is 0.460 e. The maximum atomic E-state index is 6.17. The van der Waals surface area contributed by atoms with Gasteiger partial charge in [-0.2, -0.15) is 19.6 Å². The zero-order valence-corrected chi connectivity index (χ0v) is 16.6. The first-order chi connectivity index (χ1) is 13.1. The third-order valence-electron chi connectivity index (χ3n) is 5.52. The fourth-order valence-corrected chi connectivity index (χ4v) is 3.71. The predicted octanol–water partition coefficient (Wildman–Crippen LogP) is 1.88. The van der Waals surface area contributed by atoms with Crippen LogP contribution in [0, 0.1) is 0 Å². The summed E-state index contributed by atoms with van der Waals surface area (Å²) in [7, 11) is 2.15. The highest BCUT2D eigenvalue weighted by molar-refractivity contribution is 5.47. The fraction of sp³-hybridized carbons (Fsp3) is 0.737. The quantitative estimate of drug-likeness (QED) is 0.828. The van der Waals surface area contributed by atoms with E-state index >= 15 is 0 Å². The highest BCUT2D eigenvalue weighted by atomic mass is 16.5. The predicted molar refractivity (Wildman–Crippen MR) is 106 cm³/mol. The van der Waals surface area contributed by atoms with E-state index < -0.39 is 0 Å². The summed E-state index contributed by atoms with van der Waals surface area (Å²) in [6, 6.07) is 2.90. The highest BCUT2D eigenvalue weighted by Gasteiger charge is 2.22. The average molecular weight is 374 g/mol. The molecule has 8 nitrogen and oxygen atoms in total. The molecule has 27 heavy (non-hydrogen) atoms. The molecule has 2 aromatic heterocycles. The van der Waals surface area contributed by atoms with Crippen LogP contribution >= 0.6 is 0 Å². The zero-order chi connectivity index (χ0) is 18.8. The van der Waals surface area contributed by atoms with Gasteiger partial charge in [0.25, 0.3) is 0 Å². The molecule has 0 unspecified atom stereocenters. The molecular formula is C19H31N7O. The summed E-state index contributed by atoms with van der Waals surface area (Å²) in [4.78, 5) is 11.7. The molecule has 0 radical (unpaired) electrons. The lowest BCUT2D eigenvalue weighted by Gasteiger charge is -2.28. The Labute approximate surface area is 160 Å². The minimum Gasteiger partial charge on any atom is -0.460 e. The van der Waals surface area contributed by atoms with Crippen molar-refractivity contribution in [3.63, 3.8) is 0 Å². The Kier molecular flexibility index (Phi) is 5.45. The number of rotatable bonds is 5. The van der Waals surface area contributed by atoms with Crippen LogP contribution in [0.3, 0.4) is 0 Å². The second kappa shape index (κ2) is 7.98. The Morgan fingerprint density at radius 1 is 1.15 bits per heavy atom. The van der Waals surface area contributed by atoms with Crippen molar-refractivity contribution in [3.8, 4) is 6.01 Å². The van der Waals surface area contributed by atoms with Gasteiger partial charge in [0.1, 0.15) is 6.10 Å². The lowest BCUT2D eigenvalue weighted by molar-refractivity contribution is 0.105. The number of piperidine rings is 2. The number of anilines is 1. The van der Waals surface area contributed by atoms with Gasteiger partial charge in [0, 0.05) is 25.2 Å². The number of hydrogen-bond acceptors (Lipinski definition) is 7. The van der Waals surface area contributed by atoms with Crippen LogP contribution in [0.15, 0.2) is 6.07 Å². The topological polar surface area (TPSA) is 79.6 Å². The lowest BCUT2D eigenvalue weighted by Crippen LogP contribution is -2.37. The van der Waals surface area contributed by atoms with E-state index in [-0.39, 0.29) is 6.10 Å². The maximum Gasteiger partial charge on any atom is 0.322 e. The molecule has 0 aromatic carbocycles. The number of fused-ring (bicyclic) bond motifs is 1. The number of aromatic nitrogens is 4. The number of ether oxygens (including phenoxy) is 1. The van der Waals surface area contributed by atoms with Crippen molar-refractivity contribution in [2.75, 3.05) is 38.5 Å². The Hall–Kier alpha value is -1.93. The van der Waals surface area contributed by atoms with Gasteiger partial charge in [-0.3, -0.25) is 0 Å². The molecule has 4 heterocycles. The minimum absolute atomic E-state index is 0.183. The van der Waals surface area contributed by atoms with Gasteiger partial charge in [-0.25, -0.2) is 0 Å². The number of nitrogens with one attached hydrogen (secondary N) is 2. The molecule has 0 aliphatic carbocycles. The standard InChI is InChI=1S/C19H31N7O/c1-13(2)16-12-17-22-19(27-15-6-10-25(3)11-7-15)23-18(26(17)24-16)21-14-4-8-20-9-5-14/h12-15,20H,4-11H2,1-3H3,(H,21,22,23). The van der Waals surface area contributed by atoms with Crippen molar-refractivity contribution in [2.24, 2.45) is 0 Å². The maximum absolute atomic E-state index is 6.17. The van der Waals surface area contributed by atoms with Crippen LogP contribution in [0.5, 0.6) is 6.01 Å². The summed E-state index contributed by atoms with van der Waals surface area (Å²) >= 11 is 0. The summed E-state index contributed by atoms with van der Waals surface area (Å²) in [5.74, 6) is 1.08. The van der Waals surface area contributed by atoms with Gasteiger partial charge in [0.15, 0.2) is 5.65 Å². The molecule has 2 N–H and O–H groups in total. The normalized spacial score (nSPS) is 20.4. The molecule has 2 fully saturated rings. The molecule has 0 saturated carbocycles. The summed E-state index contributed by atoms with van der Waals surface area (Å²) < 4.78 is 8.00. The van der Waals surface area contributed by atoms with E-state index in [4.69, 9.17) is 14.8 Å². The Bertz CT molecular complexity index is 761. The lowest BCUT2D eigenvalue weighted by atomic mass is 10.1. The first-order valence-electron chi connectivity index (χ1n) is 10.2. The van der Waals surface area contributed by atoms with Crippen LogP contribution in [0.25, 0.3) is 5.65 Å². The van der Waals surface area contributed by atoms with E-state index in [2.05, 4.69) is 41.4 Å². The van der Waals surface area contributed by atoms with Crippen LogP contribution in [0.2, 0.25) is 0 Å². The molecule has 2 aromatic rings. The molecule has 148 valence electrons. The molecule has 2 aliphatic heterocycles. The molecule has 2 saturated heterocycles. The van der Waals surface area contributed by atoms with E-state index in [1.807, 2.05) is 10.6 Å². The average Bonchev–Trinajstić information content (AvgIpc) is 3.09. The summed E-state index contributed by atoms with van der Waals surface area (Å²) in [6.07, 6.45) is 4.36. The monoisotopic (exact) mass is 373 g/mol. The zero-order valence-electron chi connectivity index (χ0n) is 16.6.